The van der Waals surface area contributed by atoms with Crippen molar-refractivity contribution in [2.75, 3.05) is 25.7 Å². The van der Waals surface area contributed by atoms with Crippen LogP contribution in [0.4, 0.5) is 0 Å². The van der Waals surface area contributed by atoms with Gasteiger partial charge in [-0.3, -0.25) is 9.59 Å². The van der Waals surface area contributed by atoms with Crippen LogP contribution in [-0.4, -0.2) is 49.6 Å². The Morgan fingerprint density at radius 1 is 1.12 bits per heavy atom. The van der Waals surface area contributed by atoms with Crippen LogP contribution in [0.25, 0.3) is 0 Å². The summed E-state index contributed by atoms with van der Waals surface area (Å²) in [4.78, 5) is 37.2. The van der Waals surface area contributed by atoms with Crippen LogP contribution in [0.3, 0.4) is 0 Å². The van der Waals surface area contributed by atoms with Crippen molar-refractivity contribution >= 4 is 52.7 Å². The zero-order valence-corrected chi connectivity index (χ0v) is 20.0. The van der Waals surface area contributed by atoms with Crippen molar-refractivity contribution in [1.29, 1.82) is 0 Å². The molecule has 2 rings (SSSR count). The van der Waals surface area contributed by atoms with Gasteiger partial charge in [-0.1, -0.05) is 41.4 Å². The maximum absolute atomic E-state index is 12.6. The highest BCUT2D eigenvalue weighted by molar-refractivity contribution is 7.98. The summed E-state index contributed by atoms with van der Waals surface area (Å²) in [6.45, 7) is -0.247. The molecule has 7 nitrogen and oxygen atoms in total. The second-order valence-electron chi connectivity index (χ2n) is 6.63. The molecule has 2 amide bonds. The summed E-state index contributed by atoms with van der Waals surface area (Å²) in [6.07, 6.45) is 2.21. The molecule has 0 aromatic heterocycles. The molecule has 172 valence electrons. The quantitative estimate of drug-likeness (QED) is 0.458. The molecule has 0 bridgehead atoms. The summed E-state index contributed by atoms with van der Waals surface area (Å²) in [5, 5.41) is 5.86. The molecular weight excluding hydrogens is 475 g/mol. The molecule has 0 spiro atoms. The van der Waals surface area contributed by atoms with E-state index in [1.165, 1.54) is 30.0 Å². The summed E-state index contributed by atoms with van der Waals surface area (Å²) in [6, 6.07) is 10.8. The number of amides is 2. The first-order valence-electron chi connectivity index (χ1n) is 9.65. The number of rotatable bonds is 11. The molecule has 0 saturated carbocycles. The topological polar surface area (TPSA) is 93.7 Å². The number of thioether (sulfide) groups is 1. The van der Waals surface area contributed by atoms with Crippen molar-refractivity contribution in [3.8, 4) is 5.75 Å². The van der Waals surface area contributed by atoms with Gasteiger partial charge in [-0.2, -0.15) is 11.8 Å². The Balaban J connectivity index is 1.92. The highest BCUT2D eigenvalue weighted by Gasteiger charge is 2.24. The highest BCUT2D eigenvalue weighted by atomic mass is 35.5. The van der Waals surface area contributed by atoms with E-state index in [0.29, 0.717) is 22.9 Å². The van der Waals surface area contributed by atoms with E-state index in [1.807, 2.05) is 24.5 Å². The van der Waals surface area contributed by atoms with Gasteiger partial charge in [-0.15, -0.1) is 0 Å². The van der Waals surface area contributed by atoms with Crippen LogP contribution >= 0.6 is 35.0 Å². The average molecular weight is 499 g/mol. The molecule has 0 radical (unpaired) electrons. The van der Waals surface area contributed by atoms with Crippen molar-refractivity contribution in [1.82, 2.24) is 10.6 Å². The minimum atomic E-state index is -0.927. The lowest BCUT2D eigenvalue weighted by atomic mass is 10.1. The fraction of sp³-hybridized carbons (Fsp3) is 0.318. The fourth-order valence-electron chi connectivity index (χ4n) is 2.73. The number of nitrogens with one attached hydrogen (secondary N) is 2. The minimum Gasteiger partial charge on any atom is -0.496 e. The van der Waals surface area contributed by atoms with E-state index in [-0.39, 0.29) is 17.1 Å². The molecular formula is C22H24Cl2N2O5S. The molecule has 10 heteroatoms. The minimum absolute atomic E-state index is 0.169. The van der Waals surface area contributed by atoms with Gasteiger partial charge in [0.15, 0.2) is 6.61 Å². The predicted molar refractivity (Wildman–Crippen MR) is 127 cm³/mol. The Labute approximate surface area is 201 Å². The maximum atomic E-state index is 12.6. The van der Waals surface area contributed by atoms with Crippen LogP contribution in [0.2, 0.25) is 10.0 Å². The molecule has 32 heavy (non-hydrogen) atoms. The molecule has 0 fully saturated rings. The third-order valence-electron chi connectivity index (χ3n) is 4.39. The van der Waals surface area contributed by atoms with E-state index < -0.39 is 30.4 Å². The molecule has 0 saturated heterocycles. The Morgan fingerprint density at radius 2 is 1.88 bits per heavy atom. The SMILES string of the molecule is COc1ccccc1CNC(=O)COC(=O)C(CCSC)NC(=O)c1ccc(Cl)cc1Cl. The molecule has 2 aromatic carbocycles. The van der Waals surface area contributed by atoms with Crippen LogP contribution < -0.4 is 15.4 Å². The fourth-order valence-corrected chi connectivity index (χ4v) is 3.69. The Bertz CT molecular complexity index is 958. The molecule has 2 aromatic rings. The van der Waals surface area contributed by atoms with Gasteiger partial charge in [0.25, 0.3) is 11.8 Å². The lowest BCUT2D eigenvalue weighted by Crippen LogP contribution is -2.43. The van der Waals surface area contributed by atoms with Gasteiger partial charge in [-0.05, 0) is 42.7 Å². The number of benzene rings is 2. The summed E-state index contributed by atoms with van der Waals surface area (Å²) in [5.74, 6) is -0.459. The van der Waals surface area contributed by atoms with E-state index in [2.05, 4.69) is 10.6 Å². The van der Waals surface area contributed by atoms with Gasteiger partial charge < -0.3 is 20.1 Å². The number of ether oxygens (including phenoxy) is 2. The zero-order valence-electron chi connectivity index (χ0n) is 17.7. The first kappa shape index (κ1) is 25.8. The van der Waals surface area contributed by atoms with E-state index in [4.69, 9.17) is 32.7 Å². The van der Waals surface area contributed by atoms with E-state index in [0.717, 1.165) is 5.56 Å². The summed E-state index contributed by atoms with van der Waals surface area (Å²) in [7, 11) is 1.54. The lowest BCUT2D eigenvalue weighted by Gasteiger charge is -2.18. The number of halogens is 2. The molecule has 0 aliphatic heterocycles. The summed E-state index contributed by atoms with van der Waals surface area (Å²) < 4.78 is 10.4. The van der Waals surface area contributed by atoms with Crippen molar-refractivity contribution in [2.45, 2.75) is 19.0 Å². The molecule has 1 atom stereocenters. The predicted octanol–water partition coefficient (Wildman–Crippen LogP) is 3.71. The molecule has 0 aliphatic rings. The number of carbonyl (C=O) groups is 3. The van der Waals surface area contributed by atoms with Gasteiger partial charge in [0, 0.05) is 17.1 Å². The molecule has 0 heterocycles. The van der Waals surface area contributed by atoms with Crippen LogP contribution in [0.5, 0.6) is 5.75 Å². The van der Waals surface area contributed by atoms with Crippen molar-refractivity contribution in [3.63, 3.8) is 0 Å². The maximum Gasteiger partial charge on any atom is 0.329 e. The largest absolute Gasteiger partial charge is 0.496 e. The van der Waals surface area contributed by atoms with Gasteiger partial charge in [-0.25, -0.2) is 4.79 Å². The normalized spacial score (nSPS) is 11.4. The molecule has 1 unspecified atom stereocenters. The highest BCUT2D eigenvalue weighted by Crippen LogP contribution is 2.21. The Kier molecular flexibility index (Phi) is 10.7. The Morgan fingerprint density at radius 3 is 2.56 bits per heavy atom. The molecule has 0 aliphatic carbocycles. The van der Waals surface area contributed by atoms with E-state index in [1.54, 1.807) is 13.2 Å². The van der Waals surface area contributed by atoms with Crippen molar-refractivity contribution < 1.29 is 23.9 Å². The van der Waals surface area contributed by atoms with Gasteiger partial charge >= 0.3 is 5.97 Å². The number of hydrogen-bond acceptors (Lipinski definition) is 6. The van der Waals surface area contributed by atoms with Crippen LogP contribution in [0, 0.1) is 0 Å². The van der Waals surface area contributed by atoms with Gasteiger partial charge in [0.05, 0.1) is 17.7 Å². The van der Waals surface area contributed by atoms with Crippen molar-refractivity contribution in [3.05, 3.63) is 63.6 Å². The number of carbonyl (C=O) groups excluding carboxylic acids is 3. The third-order valence-corrected chi connectivity index (χ3v) is 5.58. The van der Waals surface area contributed by atoms with Crippen LogP contribution in [-0.2, 0) is 20.9 Å². The lowest BCUT2D eigenvalue weighted by molar-refractivity contribution is -0.150. The number of hydrogen-bond donors (Lipinski definition) is 2. The zero-order chi connectivity index (χ0) is 23.5. The van der Waals surface area contributed by atoms with Gasteiger partial charge in [0.2, 0.25) is 0 Å². The van der Waals surface area contributed by atoms with Gasteiger partial charge in [0.1, 0.15) is 11.8 Å². The summed E-state index contributed by atoms with van der Waals surface area (Å²) in [5.41, 5.74) is 0.979. The molecule has 2 N–H and O–H groups in total. The average Bonchev–Trinajstić information content (AvgIpc) is 2.78. The van der Waals surface area contributed by atoms with E-state index >= 15 is 0 Å². The van der Waals surface area contributed by atoms with E-state index in [9.17, 15) is 14.4 Å². The van der Waals surface area contributed by atoms with Crippen LogP contribution in [0.1, 0.15) is 22.3 Å². The number of esters is 1. The number of para-hydroxylation sites is 1. The first-order valence-corrected chi connectivity index (χ1v) is 11.8. The third kappa shape index (κ3) is 7.93. The second kappa shape index (κ2) is 13.2. The summed E-state index contributed by atoms with van der Waals surface area (Å²) >= 11 is 13.5. The monoisotopic (exact) mass is 498 g/mol. The standard InChI is InChI=1S/C22H24Cl2N2O5S/c1-30-19-6-4-3-5-14(19)12-25-20(27)13-31-22(29)18(9-10-32-2)26-21(28)16-8-7-15(23)11-17(16)24/h3-8,11,18H,9-10,12-13H2,1-2H3,(H,25,27)(H,26,28). The van der Waals surface area contributed by atoms with Crippen molar-refractivity contribution in [2.24, 2.45) is 0 Å². The smallest absolute Gasteiger partial charge is 0.329 e. The first-order chi connectivity index (χ1) is 15.3. The second-order valence-corrected chi connectivity index (χ2v) is 8.46. The number of methoxy groups -OCH3 is 1. The Hall–Kier alpha value is -2.42. The van der Waals surface area contributed by atoms with Crippen LogP contribution in [0.15, 0.2) is 42.5 Å².